The lowest BCUT2D eigenvalue weighted by Gasteiger charge is -2.17. The van der Waals surface area contributed by atoms with Crippen LogP contribution in [-0.4, -0.2) is 0 Å². The Morgan fingerprint density at radius 3 is 2.64 bits per heavy atom. The minimum atomic E-state index is 0.840. The van der Waals surface area contributed by atoms with Crippen LogP contribution in [0.25, 0.3) is 0 Å². The number of hydrazine groups is 1. The van der Waals surface area contributed by atoms with Gasteiger partial charge in [-0.3, -0.25) is 10.9 Å². The molecule has 0 unspecified atom stereocenters. The van der Waals surface area contributed by atoms with Crippen molar-refractivity contribution in [3.05, 3.63) is 29.3 Å². The first-order chi connectivity index (χ1) is 5.36. The monoisotopic (exact) mass is 149 g/mol. The molecule has 4 N–H and O–H groups in total. The van der Waals surface area contributed by atoms with Gasteiger partial charge in [0.15, 0.2) is 0 Å². The van der Waals surface area contributed by atoms with Crippen molar-refractivity contribution in [2.75, 3.05) is 5.73 Å². The number of hydrogen-bond acceptors (Lipinski definition) is 3. The average Bonchev–Trinajstić information content (AvgIpc) is 2.04. The predicted octanol–water partition coefficient (Wildman–Crippen LogP) is 0.377. The third-order valence-corrected chi connectivity index (χ3v) is 1.91. The molecule has 2 rings (SSSR count). The second kappa shape index (κ2) is 2.53. The van der Waals surface area contributed by atoms with Crippen LogP contribution in [0.1, 0.15) is 11.1 Å². The first-order valence-corrected chi connectivity index (χ1v) is 3.69. The molecule has 1 aliphatic rings. The van der Waals surface area contributed by atoms with E-state index < -0.39 is 0 Å². The van der Waals surface area contributed by atoms with Crippen LogP contribution in [0.3, 0.4) is 0 Å². The van der Waals surface area contributed by atoms with Gasteiger partial charge in [0.25, 0.3) is 0 Å². The Kier molecular flexibility index (Phi) is 1.52. The van der Waals surface area contributed by atoms with Gasteiger partial charge in [0, 0.05) is 18.8 Å². The highest BCUT2D eigenvalue weighted by Gasteiger charge is 2.06. The van der Waals surface area contributed by atoms with Crippen molar-refractivity contribution in [1.82, 2.24) is 10.9 Å². The Hall–Kier alpha value is -1.06. The molecule has 1 heterocycles. The molecule has 0 radical (unpaired) electrons. The normalized spacial score (nSPS) is 16.0. The zero-order valence-corrected chi connectivity index (χ0v) is 6.22. The fourth-order valence-corrected chi connectivity index (χ4v) is 1.30. The minimum Gasteiger partial charge on any atom is -0.399 e. The number of hydrogen-bond donors (Lipinski definition) is 3. The van der Waals surface area contributed by atoms with E-state index >= 15 is 0 Å². The lowest BCUT2D eigenvalue weighted by Crippen LogP contribution is -2.35. The molecule has 0 amide bonds. The van der Waals surface area contributed by atoms with E-state index in [9.17, 15) is 0 Å². The highest BCUT2D eigenvalue weighted by atomic mass is 15.4. The highest BCUT2D eigenvalue weighted by Crippen LogP contribution is 2.14. The van der Waals surface area contributed by atoms with Crippen LogP contribution in [0.5, 0.6) is 0 Å². The van der Waals surface area contributed by atoms with Crippen LogP contribution in [0.15, 0.2) is 18.2 Å². The van der Waals surface area contributed by atoms with Crippen molar-refractivity contribution in [2.24, 2.45) is 0 Å². The molecule has 11 heavy (non-hydrogen) atoms. The summed E-state index contributed by atoms with van der Waals surface area (Å²) in [6, 6.07) is 6.02. The SMILES string of the molecule is Nc1ccc2c(c1)CNNC2. The third-order valence-electron chi connectivity index (χ3n) is 1.91. The fourth-order valence-electron chi connectivity index (χ4n) is 1.30. The molecule has 1 aliphatic heterocycles. The molecule has 1 aromatic carbocycles. The summed E-state index contributed by atoms with van der Waals surface area (Å²) in [5.74, 6) is 0. The maximum atomic E-state index is 5.63. The van der Waals surface area contributed by atoms with Crippen molar-refractivity contribution in [3.63, 3.8) is 0 Å². The average molecular weight is 149 g/mol. The molecule has 0 aliphatic carbocycles. The quantitative estimate of drug-likeness (QED) is 0.467. The summed E-state index contributed by atoms with van der Waals surface area (Å²) in [6.45, 7) is 1.75. The minimum absolute atomic E-state index is 0.840. The molecule has 0 saturated heterocycles. The summed E-state index contributed by atoms with van der Waals surface area (Å²) >= 11 is 0. The topological polar surface area (TPSA) is 50.1 Å². The first kappa shape index (κ1) is 6.64. The van der Waals surface area contributed by atoms with Gasteiger partial charge in [-0.05, 0) is 23.3 Å². The number of nitrogen functional groups attached to an aromatic ring is 1. The van der Waals surface area contributed by atoms with E-state index in [4.69, 9.17) is 5.73 Å². The first-order valence-electron chi connectivity index (χ1n) is 3.69. The Labute approximate surface area is 65.6 Å². The molecule has 1 aromatic rings. The summed E-state index contributed by atoms with van der Waals surface area (Å²) in [5.41, 5.74) is 15.2. The highest BCUT2D eigenvalue weighted by molar-refractivity contribution is 5.45. The Morgan fingerprint density at radius 1 is 1.09 bits per heavy atom. The van der Waals surface area contributed by atoms with Gasteiger partial charge in [-0.15, -0.1) is 0 Å². The van der Waals surface area contributed by atoms with Crippen molar-refractivity contribution < 1.29 is 0 Å². The smallest absolute Gasteiger partial charge is 0.0355 e. The van der Waals surface area contributed by atoms with E-state index in [0.29, 0.717) is 0 Å². The molecule has 0 atom stereocenters. The van der Waals surface area contributed by atoms with Crippen LogP contribution >= 0.6 is 0 Å². The van der Waals surface area contributed by atoms with Crippen LogP contribution in [0.4, 0.5) is 5.69 Å². The molecular formula is C8H11N3. The second-order valence-electron chi connectivity index (χ2n) is 2.74. The zero-order valence-electron chi connectivity index (χ0n) is 6.22. The molecule has 0 bridgehead atoms. The number of anilines is 1. The number of benzene rings is 1. The standard InChI is InChI=1S/C8H11N3/c9-8-2-1-6-4-10-11-5-7(6)3-8/h1-3,10-11H,4-5,9H2. The zero-order chi connectivity index (χ0) is 7.68. The molecule has 0 fully saturated rings. The fraction of sp³-hybridized carbons (Fsp3) is 0.250. The lowest BCUT2D eigenvalue weighted by molar-refractivity contribution is 0.496. The van der Waals surface area contributed by atoms with E-state index in [2.05, 4.69) is 16.9 Å². The summed E-state index contributed by atoms with van der Waals surface area (Å²) < 4.78 is 0. The van der Waals surface area contributed by atoms with Gasteiger partial charge in [0.05, 0.1) is 0 Å². The Balaban J connectivity index is 2.43. The van der Waals surface area contributed by atoms with Gasteiger partial charge >= 0.3 is 0 Å². The van der Waals surface area contributed by atoms with Gasteiger partial charge in [0.2, 0.25) is 0 Å². The number of nitrogens with one attached hydrogen (secondary N) is 2. The number of fused-ring (bicyclic) bond motifs is 1. The summed E-state index contributed by atoms with van der Waals surface area (Å²) in [4.78, 5) is 0. The Bertz CT molecular complexity index is 270. The maximum absolute atomic E-state index is 5.63. The van der Waals surface area contributed by atoms with Crippen molar-refractivity contribution >= 4 is 5.69 Å². The predicted molar refractivity (Wildman–Crippen MR) is 44.5 cm³/mol. The van der Waals surface area contributed by atoms with Gasteiger partial charge in [-0.25, -0.2) is 0 Å². The number of rotatable bonds is 0. The van der Waals surface area contributed by atoms with Gasteiger partial charge in [0.1, 0.15) is 0 Å². The van der Waals surface area contributed by atoms with Crippen molar-refractivity contribution in [3.8, 4) is 0 Å². The van der Waals surface area contributed by atoms with E-state index in [-0.39, 0.29) is 0 Å². The maximum Gasteiger partial charge on any atom is 0.0355 e. The van der Waals surface area contributed by atoms with Crippen molar-refractivity contribution in [1.29, 1.82) is 0 Å². The summed E-state index contributed by atoms with van der Waals surface area (Å²) in [5, 5.41) is 0. The summed E-state index contributed by atoms with van der Waals surface area (Å²) in [6.07, 6.45) is 0. The van der Waals surface area contributed by atoms with Crippen LogP contribution < -0.4 is 16.6 Å². The molecule has 3 nitrogen and oxygen atoms in total. The third kappa shape index (κ3) is 1.20. The Morgan fingerprint density at radius 2 is 1.82 bits per heavy atom. The van der Waals surface area contributed by atoms with E-state index in [1.54, 1.807) is 0 Å². The van der Waals surface area contributed by atoms with Gasteiger partial charge in [-0.2, -0.15) is 0 Å². The molecular weight excluding hydrogens is 138 g/mol. The molecule has 58 valence electrons. The largest absolute Gasteiger partial charge is 0.399 e. The van der Waals surface area contributed by atoms with Gasteiger partial charge < -0.3 is 5.73 Å². The second-order valence-corrected chi connectivity index (χ2v) is 2.74. The summed E-state index contributed by atoms with van der Waals surface area (Å²) in [7, 11) is 0. The lowest BCUT2D eigenvalue weighted by atomic mass is 10.1. The molecule has 0 aromatic heterocycles. The van der Waals surface area contributed by atoms with Crippen LogP contribution in [0.2, 0.25) is 0 Å². The van der Waals surface area contributed by atoms with Crippen LogP contribution in [0, 0.1) is 0 Å². The molecule has 3 heteroatoms. The van der Waals surface area contributed by atoms with E-state index in [0.717, 1.165) is 18.8 Å². The van der Waals surface area contributed by atoms with Crippen LogP contribution in [-0.2, 0) is 13.1 Å². The van der Waals surface area contributed by atoms with E-state index in [1.165, 1.54) is 11.1 Å². The van der Waals surface area contributed by atoms with E-state index in [1.807, 2.05) is 12.1 Å². The molecule has 0 saturated carbocycles. The van der Waals surface area contributed by atoms with Gasteiger partial charge in [-0.1, -0.05) is 6.07 Å². The number of nitrogens with two attached hydrogens (primary N) is 1. The molecule has 0 spiro atoms. The van der Waals surface area contributed by atoms with Crippen molar-refractivity contribution in [2.45, 2.75) is 13.1 Å².